The Kier molecular flexibility index (Phi) is 4.54. The minimum absolute atomic E-state index is 0.0470. The number of aliphatic hydroxyl groups is 1. The monoisotopic (exact) mass is 405 g/mol. The van der Waals surface area contributed by atoms with E-state index in [-0.39, 0.29) is 13.2 Å². The average Bonchev–Trinajstić information content (AvgIpc) is 3.42. The van der Waals surface area contributed by atoms with Gasteiger partial charge in [0.05, 0.1) is 24.0 Å². The quantitative estimate of drug-likeness (QED) is 0.443. The molecule has 5 aromatic rings. The Hall–Kier alpha value is -3.50. The fourth-order valence-electron chi connectivity index (χ4n) is 2.93. The zero-order chi connectivity index (χ0) is 19.6. The van der Waals surface area contributed by atoms with Crippen LogP contribution in [-0.4, -0.2) is 53.3 Å². The van der Waals surface area contributed by atoms with Gasteiger partial charge in [-0.15, -0.1) is 10.2 Å². The standard InChI is InChI=1S/C19H15N7O2S/c27-7-8-28-17-5-6-20-16-2-1-13(9-14(16)17)29-19-24-23-18-4-3-15(25-26(18)19)12-10-21-22-11-12/h1-6,9-11,27H,7-8H2,(H,21,22). The van der Waals surface area contributed by atoms with Crippen molar-refractivity contribution in [2.24, 2.45) is 0 Å². The summed E-state index contributed by atoms with van der Waals surface area (Å²) >= 11 is 1.45. The van der Waals surface area contributed by atoms with Crippen molar-refractivity contribution in [1.29, 1.82) is 0 Å². The Morgan fingerprint density at radius 3 is 2.97 bits per heavy atom. The van der Waals surface area contributed by atoms with Crippen LogP contribution >= 0.6 is 11.8 Å². The Balaban J connectivity index is 1.52. The highest BCUT2D eigenvalue weighted by Crippen LogP contribution is 2.32. The van der Waals surface area contributed by atoms with Gasteiger partial charge in [-0.2, -0.15) is 14.7 Å². The first-order valence-electron chi connectivity index (χ1n) is 8.84. The molecule has 144 valence electrons. The van der Waals surface area contributed by atoms with Crippen LogP contribution in [0.4, 0.5) is 0 Å². The van der Waals surface area contributed by atoms with Gasteiger partial charge in [-0.25, -0.2) is 0 Å². The molecule has 0 saturated carbocycles. The van der Waals surface area contributed by atoms with Crippen molar-refractivity contribution >= 4 is 28.3 Å². The van der Waals surface area contributed by atoms with Crippen molar-refractivity contribution in [3.05, 3.63) is 55.0 Å². The Labute approximate surface area is 168 Å². The fraction of sp³-hybridized carbons (Fsp3) is 0.105. The highest BCUT2D eigenvalue weighted by atomic mass is 32.2. The molecule has 4 heterocycles. The normalized spacial score (nSPS) is 11.3. The van der Waals surface area contributed by atoms with Crippen molar-refractivity contribution in [3.8, 4) is 17.0 Å². The summed E-state index contributed by atoms with van der Waals surface area (Å²) < 4.78 is 7.34. The summed E-state index contributed by atoms with van der Waals surface area (Å²) in [6.45, 7) is 0.181. The number of hydrogen-bond acceptors (Lipinski definition) is 8. The van der Waals surface area contributed by atoms with E-state index in [1.165, 1.54) is 11.8 Å². The maximum absolute atomic E-state index is 9.04. The predicted octanol–water partition coefficient (Wildman–Crippen LogP) is 2.58. The van der Waals surface area contributed by atoms with Crippen molar-refractivity contribution in [2.75, 3.05) is 13.2 Å². The number of rotatable bonds is 6. The molecule has 0 saturated heterocycles. The first-order chi connectivity index (χ1) is 14.3. The van der Waals surface area contributed by atoms with Gasteiger partial charge in [-0.05, 0) is 48.2 Å². The van der Waals surface area contributed by atoms with Gasteiger partial charge in [0.15, 0.2) is 5.65 Å². The maximum atomic E-state index is 9.04. The summed E-state index contributed by atoms with van der Waals surface area (Å²) in [5.41, 5.74) is 3.14. The molecule has 0 bridgehead atoms. The third-order valence-electron chi connectivity index (χ3n) is 4.26. The summed E-state index contributed by atoms with van der Waals surface area (Å²) in [6.07, 6.45) is 5.19. The summed E-state index contributed by atoms with van der Waals surface area (Å²) in [5, 5.41) is 30.4. The van der Waals surface area contributed by atoms with Crippen LogP contribution in [0.5, 0.6) is 5.75 Å². The van der Waals surface area contributed by atoms with Crippen LogP contribution in [0.2, 0.25) is 0 Å². The minimum atomic E-state index is -0.0470. The number of nitrogens with zero attached hydrogens (tertiary/aromatic N) is 6. The molecule has 29 heavy (non-hydrogen) atoms. The smallest absolute Gasteiger partial charge is 0.217 e. The van der Waals surface area contributed by atoms with E-state index in [1.54, 1.807) is 29.2 Å². The van der Waals surface area contributed by atoms with Crippen molar-refractivity contribution in [1.82, 2.24) is 35.0 Å². The molecule has 5 rings (SSSR count). The lowest BCUT2D eigenvalue weighted by Crippen LogP contribution is -2.02. The average molecular weight is 405 g/mol. The number of aromatic nitrogens is 7. The molecule has 0 aliphatic heterocycles. The molecule has 0 spiro atoms. The summed E-state index contributed by atoms with van der Waals surface area (Å²) in [6, 6.07) is 11.4. The van der Waals surface area contributed by atoms with Gasteiger partial charge in [0.2, 0.25) is 5.16 Å². The van der Waals surface area contributed by atoms with Crippen LogP contribution in [0, 0.1) is 0 Å². The Morgan fingerprint density at radius 2 is 2.10 bits per heavy atom. The van der Waals surface area contributed by atoms with Crippen molar-refractivity contribution < 1.29 is 9.84 Å². The van der Waals surface area contributed by atoms with Gasteiger partial charge in [0.1, 0.15) is 12.4 Å². The van der Waals surface area contributed by atoms with Crippen LogP contribution in [0.25, 0.3) is 27.8 Å². The van der Waals surface area contributed by atoms with Crippen LogP contribution in [0.3, 0.4) is 0 Å². The molecule has 0 amide bonds. The molecule has 0 aliphatic carbocycles. The SMILES string of the molecule is OCCOc1ccnc2ccc(Sc3nnc4ccc(-c5cn[nH]c5)nn34)cc12. The molecule has 0 aliphatic rings. The number of pyridine rings is 1. The van der Waals surface area contributed by atoms with Crippen LogP contribution in [-0.2, 0) is 0 Å². The molecular formula is C19H15N7O2S. The second-order valence-electron chi connectivity index (χ2n) is 6.12. The number of aromatic amines is 1. The second-order valence-corrected chi connectivity index (χ2v) is 7.16. The highest BCUT2D eigenvalue weighted by Gasteiger charge is 2.12. The second kappa shape index (κ2) is 7.49. The number of fused-ring (bicyclic) bond motifs is 2. The van der Waals surface area contributed by atoms with E-state index in [4.69, 9.17) is 9.84 Å². The molecule has 0 radical (unpaired) electrons. The molecule has 4 aromatic heterocycles. The highest BCUT2D eigenvalue weighted by molar-refractivity contribution is 7.99. The van der Waals surface area contributed by atoms with E-state index in [1.807, 2.05) is 30.3 Å². The van der Waals surface area contributed by atoms with Gasteiger partial charge in [-0.3, -0.25) is 10.1 Å². The van der Waals surface area contributed by atoms with Crippen LogP contribution in [0.1, 0.15) is 0 Å². The lowest BCUT2D eigenvalue weighted by Gasteiger charge is -2.08. The zero-order valence-electron chi connectivity index (χ0n) is 15.1. The van der Waals surface area contributed by atoms with E-state index in [2.05, 4.69) is 30.5 Å². The number of H-pyrrole nitrogens is 1. The van der Waals surface area contributed by atoms with Gasteiger partial charge >= 0.3 is 0 Å². The van der Waals surface area contributed by atoms with E-state index in [0.717, 1.165) is 27.1 Å². The predicted molar refractivity (Wildman–Crippen MR) is 107 cm³/mol. The topological polar surface area (TPSA) is 114 Å². The van der Waals surface area contributed by atoms with E-state index in [0.29, 0.717) is 16.6 Å². The van der Waals surface area contributed by atoms with Crippen LogP contribution in [0.15, 0.2) is 65.0 Å². The third kappa shape index (κ3) is 3.39. The molecule has 1 aromatic carbocycles. The minimum Gasteiger partial charge on any atom is -0.490 e. The fourth-order valence-corrected chi connectivity index (χ4v) is 3.75. The summed E-state index contributed by atoms with van der Waals surface area (Å²) in [7, 11) is 0. The largest absolute Gasteiger partial charge is 0.490 e. The first-order valence-corrected chi connectivity index (χ1v) is 9.65. The maximum Gasteiger partial charge on any atom is 0.217 e. The number of benzene rings is 1. The summed E-state index contributed by atoms with van der Waals surface area (Å²) in [5.74, 6) is 0.679. The van der Waals surface area contributed by atoms with Gasteiger partial charge in [0, 0.05) is 28.2 Å². The van der Waals surface area contributed by atoms with Gasteiger partial charge in [0.25, 0.3) is 0 Å². The van der Waals surface area contributed by atoms with E-state index in [9.17, 15) is 0 Å². The van der Waals surface area contributed by atoms with Gasteiger partial charge < -0.3 is 9.84 Å². The number of hydrogen-bond donors (Lipinski definition) is 2. The molecule has 0 unspecified atom stereocenters. The molecule has 9 nitrogen and oxygen atoms in total. The van der Waals surface area contributed by atoms with Gasteiger partial charge in [-0.1, -0.05) is 0 Å². The third-order valence-corrected chi connectivity index (χ3v) is 5.19. The lowest BCUT2D eigenvalue weighted by molar-refractivity contribution is 0.202. The number of ether oxygens (including phenoxy) is 1. The summed E-state index contributed by atoms with van der Waals surface area (Å²) in [4.78, 5) is 5.32. The van der Waals surface area contributed by atoms with Crippen molar-refractivity contribution in [2.45, 2.75) is 10.1 Å². The molecular weight excluding hydrogens is 390 g/mol. The van der Waals surface area contributed by atoms with Crippen LogP contribution < -0.4 is 4.74 Å². The number of aliphatic hydroxyl groups excluding tert-OH is 1. The van der Waals surface area contributed by atoms with Crippen molar-refractivity contribution in [3.63, 3.8) is 0 Å². The Bertz CT molecular complexity index is 1290. The zero-order valence-corrected chi connectivity index (χ0v) is 15.9. The molecule has 0 atom stereocenters. The molecule has 10 heteroatoms. The number of nitrogens with one attached hydrogen (secondary N) is 1. The van der Waals surface area contributed by atoms with E-state index >= 15 is 0 Å². The molecule has 2 N–H and O–H groups in total. The van der Waals surface area contributed by atoms with E-state index < -0.39 is 0 Å². The lowest BCUT2D eigenvalue weighted by atomic mass is 10.2. The Morgan fingerprint density at radius 1 is 1.14 bits per heavy atom. The molecule has 0 fully saturated rings. The first kappa shape index (κ1) is 17.6.